The molecule has 1 amide bonds. The Balaban J connectivity index is 1.52. The van der Waals surface area contributed by atoms with Crippen LogP contribution in [-0.4, -0.2) is 48.6 Å². The molecule has 1 aromatic carbocycles. The molecule has 0 unspecified atom stereocenters. The molecule has 0 aliphatic carbocycles. The summed E-state index contributed by atoms with van der Waals surface area (Å²) in [4.78, 5) is 18.1. The predicted octanol–water partition coefficient (Wildman–Crippen LogP) is 3.29. The summed E-state index contributed by atoms with van der Waals surface area (Å²) in [7, 11) is 0. The van der Waals surface area contributed by atoms with Gasteiger partial charge in [0.05, 0.1) is 24.7 Å². The summed E-state index contributed by atoms with van der Waals surface area (Å²) in [6.07, 6.45) is 4.11. The maximum Gasteiger partial charge on any atom is 0.234 e. The third kappa shape index (κ3) is 6.73. The first-order valence-corrected chi connectivity index (χ1v) is 10.7. The number of nitrogens with one attached hydrogen (secondary N) is 1. The fourth-order valence-electron chi connectivity index (χ4n) is 3.19. The Morgan fingerprint density at radius 2 is 2.10 bits per heavy atom. The Bertz CT molecular complexity index is 1000. The highest BCUT2D eigenvalue weighted by molar-refractivity contribution is 6.36. The van der Waals surface area contributed by atoms with Gasteiger partial charge in [-0.3, -0.25) is 9.69 Å². The fraction of sp³-hybridized carbons (Fsp3) is 0.364. The quantitative estimate of drug-likeness (QED) is 0.485. The van der Waals surface area contributed by atoms with Crippen LogP contribution < -0.4 is 15.8 Å². The van der Waals surface area contributed by atoms with E-state index in [1.165, 1.54) is 18.3 Å². The normalized spacial score (nSPS) is 13.5. The highest BCUT2D eigenvalue weighted by Gasteiger charge is 2.14. The Hall–Kier alpha value is -2.53. The molecule has 6 nitrogen and oxygen atoms in total. The van der Waals surface area contributed by atoms with E-state index in [0.29, 0.717) is 34.9 Å². The zero-order valence-electron chi connectivity index (χ0n) is 16.9. The zero-order valence-corrected chi connectivity index (χ0v) is 18.4. The minimum atomic E-state index is -0.535. The lowest BCUT2D eigenvalue weighted by Gasteiger charge is -2.12. The van der Waals surface area contributed by atoms with E-state index < -0.39 is 5.82 Å². The SMILES string of the molecule is Nc1ncc(C#CCNC(=O)CN2CCCC2)cc1OCCc1c(Cl)ccc(F)c1Cl. The van der Waals surface area contributed by atoms with Gasteiger partial charge in [0.15, 0.2) is 11.6 Å². The molecule has 0 radical (unpaired) electrons. The molecule has 3 N–H and O–H groups in total. The summed E-state index contributed by atoms with van der Waals surface area (Å²) in [5, 5.41) is 3.14. The van der Waals surface area contributed by atoms with Crippen molar-refractivity contribution in [3.63, 3.8) is 0 Å². The van der Waals surface area contributed by atoms with E-state index >= 15 is 0 Å². The van der Waals surface area contributed by atoms with Crippen LogP contribution in [0, 0.1) is 17.7 Å². The van der Waals surface area contributed by atoms with Gasteiger partial charge in [0.1, 0.15) is 5.82 Å². The first-order chi connectivity index (χ1) is 14.9. The maximum absolute atomic E-state index is 13.6. The number of ether oxygens (including phenoxy) is 1. The van der Waals surface area contributed by atoms with E-state index in [2.05, 4.69) is 27.0 Å². The number of likely N-dealkylation sites (tertiary alicyclic amines) is 1. The van der Waals surface area contributed by atoms with E-state index in [9.17, 15) is 9.18 Å². The first kappa shape index (κ1) is 23.1. The second kappa shape index (κ2) is 11.2. The summed E-state index contributed by atoms with van der Waals surface area (Å²) < 4.78 is 19.3. The summed E-state index contributed by atoms with van der Waals surface area (Å²) in [5.74, 6) is 5.81. The lowest BCUT2D eigenvalue weighted by Crippen LogP contribution is -2.35. The van der Waals surface area contributed by atoms with Crippen LogP contribution >= 0.6 is 23.2 Å². The van der Waals surface area contributed by atoms with E-state index in [4.69, 9.17) is 33.7 Å². The van der Waals surface area contributed by atoms with Crippen LogP contribution in [0.25, 0.3) is 0 Å². The van der Waals surface area contributed by atoms with E-state index in [1.54, 1.807) is 6.07 Å². The molecule has 31 heavy (non-hydrogen) atoms. The first-order valence-electron chi connectivity index (χ1n) is 9.92. The molecule has 0 bridgehead atoms. The number of halogens is 3. The molecular weight excluding hydrogens is 442 g/mol. The highest BCUT2D eigenvalue weighted by atomic mass is 35.5. The van der Waals surface area contributed by atoms with Gasteiger partial charge in [0.25, 0.3) is 0 Å². The van der Waals surface area contributed by atoms with Gasteiger partial charge >= 0.3 is 0 Å². The molecule has 1 aromatic heterocycles. The zero-order chi connectivity index (χ0) is 22.2. The third-order valence-electron chi connectivity index (χ3n) is 4.80. The number of carbonyl (C=O) groups excluding carboxylic acids is 1. The van der Waals surface area contributed by atoms with Gasteiger partial charge in [-0.15, -0.1) is 0 Å². The number of benzene rings is 1. The number of hydrogen-bond donors (Lipinski definition) is 2. The van der Waals surface area contributed by atoms with Crippen LogP contribution in [0.2, 0.25) is 10.0 Å². The number of amides is 1. The van der Waals surface area contributed by atoms with Gasteiger partial charge in [-0.05, 0) is 43.6 Å². The number of anilines is 1. The fourth-order valence-corrected chi connectivity index (χ4v) is 3.75. The van der Waals surface area contributed by atoms with Gasteiger partial charge in [0, 0.05) is 29.3 Å². The summed E-state index contributed by atoms with van der Waals surface area (Å²) in [6, 6.07) is 4.33. The minimum absolute atomic E-state index is 0.0198. The lowest BCUT2D eigenvalue weighted by atomic mass is 10.1. The number of nitrogen functional groups attached to an aromatic ring is 1. The van der Waals surface area contributed by atoms with Gasteiger partial charge < -0.3 is 15.8 Å². The predicted molar refractivity (Wildman–Crippen MR) is 120 cm³/mol. The molecule has 1 fully saturated rings. The molecule has 0 spiro atoms. The van der Waals surface area contributed by atoms with Gasteiger partial charge in [-0.25, -0.2) is 9.37 Å². The Labute approximate surface area is 190 Å². The molecule has 0 saturated carbocycles. The largest absolute Gasteiger partial charge is 0.489 e. The van der Waals surface area contributed by atoms with Gasteiger partial charge in [-0.2, -0.15) is 0 Å². The smallest absolute Gasteiger partial charge is 0.234 e. The van der Waals surface area contributed by atoms with Gasteiger partial charge in [0.2, 0.25) is 5.91 Å². The van der Waals surface area contributed by atoms with E-state index in [0.717, 1.165) is 25.9 Å². The van der Waals surface area contributed by atoms with Crippen LogP contribution in [0.15, 0.2) is 24.4 Å². The van der Waals surface area contributed by atoms with Crippen molar-refractivity contribution in [2.45, 2.75) is 19.3 Å². The maximum atomic E-state index is 13.6. The van der Waals surface area contributed by atoms with Crippen LogP contribution in [0.5, 0.6) is 5.75 Å². The molecule has 1 aliphatic rings. The summed E-state index contributed by atoms with van der Waals surface area (Å²) in [6.45, 7) is 2.76. The number of rotatable bonds is 7. The number of aromatic nitrogens is 1. The Morgan fingerprint density at radius 3 is 2.87 bits per heavy atom. The Kier molecular flexibility index (Phi) is 8.35. The van der Waals surface area contributed by atoms with Crippen molar-refractivity contribution in [3.8, 4) is 17.6 Å². The van der Waals surface area contributed by atoms with Crippen LogP contribution in [0.1, 0.15) is 24.0 Å². The second-order valence-corrected chi connectivity index (χ2v) is 7.87. The summed E-state index contributed by atoms with van der Waals surface area (Å²) in [5.41, 5.74) is 6.93. The Morgan fingerprint density at radius 1 is 1.32 bits per heavy atom. The number of nitrogens with two attached hydrogens (primary N) is 1. The van der Waals surface area contributed by atoms with Crippen molar-refractivity contribution in [3.05, 3.63) is 51.4 Å². The van der Waals surface area contributed by atoms with E-state index in [1.807, 2.05) is 0 Å². The molecule has 3 rings (SSSR count). The molecule has 1 aliphatic heterocycles. The standard InChI is InChI=1S/C22H23Cl2FN4O2/c23-17-5-6-18(25)21(24)16(17)7-11-31-19-12-15(13-28-22(19)26)4-3-8-27-20(30)14-29-9-1-2-10-29/h5-6,12-13H,1-2,7-11,14H2,(H2,26,28)(H,27,30). The average Bonchev–Trinajstić information content (AvgIpc) is 3.25. The minimum Gasteiger partial charge on any atom is -0.489 e. The van der Waals surface area contributed by atoms with Crippen LogP contribution in [0.4, 0.5) is 10.2 Å². The van der Waals surface area contributed by atoms with Crippen molar-refractivity contribution < 1.29 is 13.9 Å². The molecule has 2 heterocycles. The van der Waals surface area contributed by atoms with Crippen LogP contribution in [-0.2, 0) is 11.2 Å². The van der Waals surface area contributed by atoms with Gasteiger partial charge in [-0.1, -0.05) is 35.0 Å². The van der Waals surface area contributed by atoms with E-state index in [-0.39, 0.29) is 29.9 Å². The number of nitrogens with zero attached hydrogens (tertiary/aromatic N) is 2. The molecule has 2 aromatic rings. The lowest BCUT2D eigenvalue weighted by molar-refractivity contribution is -0.121. The highest BCUT2D eigenvalue weighted by Crippen LogP contribution is 2.28. The van der Waals surface area contributed by atoms with Crippen LogP contribution in [0.3, 0.4) is 0 Å². The number of pyridine rings is 1. The average molecular weight is 465 g/mol. The topological polar surface area (TPSA) is 80.5 Å². The molecular formula is C22H23Cl2FN4O2. The summed E-state index contributed by atoms with van der Waals surface area (Å²) >= 11 is 12.1. The van der Waals surface area contributed by atoms with Crippen molar-refractivity contribution in [2.24, 2.45) is 0 Å². The number of hydrogen-bond acceptors (Lipinski definition) is 5. The molecule has 0 atom stereocenters. The monoisotopic (exact) mass is 464 g/mol. The van der Waals surface area contributed by atoms with Crippen molar-refractivity contribution in [1.29, 1.82) is 0 Å². The van der Waals surface area contributed by atoms with Crippen molar-refractivity contribution in [1.82, 2.24) is 15.2 Å². The van der Waals surface area contributed by atoms with Crippen molar-refractivity contribution in [2.75, 3.05) is 38.5 Å². The molecule has 164 valence electrons. The molecule has 9 heteroatoms. The third-order valence-corrected chi connectivity index (χ3v) is 5.57. The number of carbonyl (C=O) groups is 1. The molecule has 1 saturated heterocycles. The van der Waals surface area contributed by atoms with Crippen molar-refractivity contribution >= 4 is 34.9 Å². The second-order valence-electron chi connectivity index (χ2n) is 7.09.